The predicted octanol–water partition coefficient (Wildman–Crippen LogP) is 1.10. The maximum atomic E-state index is 12.2. The lowest BCUT2D eigenvalue weighted by Gasteiger charge is -2.32. The number of aromatic nitrogens is 2. The number of carbonyl (C=O) groups is 1. The first-order valence-electron chi connectivity index (χ1n) is 8.36. The van der Waals surface area contributed by atoms with Crippen molar-refractivity contribution in [3.63, 3.8) is 0 Å². The van der Waals surface area contributed by atoms with Gasteiger partial charge in [0.25, 0.3) is 5.91 Å². The molecule has 1 aromatic heterocycles. The highest BCUT2D eigenvalue weighted by atomic mass is 16.1. The van der Waals surface area contributed by atoms with Crippen LogP contribution in [0.4, 0.5) is 0 Å². The molecule has 0 saturated carbocycles. The van der Waals surface area contributed by atoms with Crippen molar-refractivity contribution in [1.82, 2.24) is 24.9 Å². The summed E-state index contributed by atoms with van der Waals surface area (Å²) >= 11 is 0. The van der Waals surface area contributed by atoms with Crippen LogP contribution in [0.25, 0.3) is 0 Å². The fraction of sp³-hybridized carbons (Fsp3) is 0.444. The molecule has 128 valence electrons. The van der Waals surface area contributed by atoms with Crippen LogP contribution < -0.4 is 5.32 Å². The van der Waals surface area contributed by atoms with Crippen LogP contribution in [0.3, 0.4) is 0 Å². The average Bonchev–Trinajstić information content (AvgIpc) is 3.01. The van der Waals surface area contributed by atoms with Crippen molar-refractivity contribution in [3.8, 4) is 0 Å². The number of rotatable bonds is 5. The molecule has 0 aliphatic carbocycles. The molecule has 1 aromatic carbocycles. The molecule has 2 aromatic rings. The van der Waals surface area contributed by atoms with Crippen molar-refractivity contribution in [2.45, 2.75) is 13.1 Å². The molecule has 1 fully saturated rings. The summed E-state index contributed by atoms with van der Waals surface area (Å²) in [6.07, 6.45) is 3.67. The number of aryl methyl sites for hydroxylation is 1. The van der Waals surface area contributed by atoms with Gasteiger partial charge in [0, 0.05) is 63.6 Å². The van der Waals surface area contributed by atoms with Crippen molar-refractivity contribution in [3.05, 3.63) is 53.3 Å². The molecule has 2 heterocycles. The zero-order valence-corrected chi connectivity index (χ0v) is 14.4. The molecule has 6 heteroatoms. The normalized spacial score (nSPS) is 16.2. The van der Waals surface area contributed by atoms with Gasteiger partial charge < -0.3 is 10.2 Å². The predicted molar refractivity (Wildman–Crippen MR) is 93.6 cm³/mol. The summed E-state index contributed by atoms with van der Waals surface area (Å²) < 4.78 is 1.73. The van der Waals surface area contributed by atoms with Crippen LogP contribution in [-0.4, -0.2) is 58.7 Å². The molecule has 1 amide bonds. The molecule has 3 rings (SSSR count). The molecule has 0 spiro atoms. The number of benzene rings is 1. The molecule has 0 unspecified atom stereocenters. The molecule has 0 radical (unpaired) electrons. The maximum absolute atomic E-state index is 12.2. The summed E-state index contributed by atoms with van der Waals surface area (Å²) in [5.41, 5.74) is 2.95. The summed E-state index contributed by atoms with van der Waals surface area (Å²) in [4.78, 5) is 17.0. The summed E-state index contributed by atoms with van der Waals surface area (Å²) in [6, 6.07) is 7.92. The molecule has 1 aliphatic heterocycles. The van der Waals surface area contributed by atoms with Crippen molar-refractivity contribution in [1.29, 1.82) is 0 Å². The van der Waals surface area contributed by atoms with Gasteiger partial charge in [-0.25, -0.2) is 0 Å². The lowest BCUT2D eigenvalue weighted by molar-refractivity contribution is 0.0951. The number of carbonyl (C=O) groups excluding carboxylic acids is 1. The Morgan fingerprint density at radius 2 is 1.79 bits per heavy atom. The van der Waals surface area contributed by atoms with E-state index < -0.39 is 0 Å². The Balaban J connectivity index is 1.51. The van der Waals surface area contributed by atoms with E-state index in [4.69, 9.17) is 0 Å². The quantitative estimate of drug-likeness (QED) is 0.893. The van der Waals surface area contributed by atoms with Gasteiger partial charge in [-0.05, 0) is 24.7 Å². The molecular weight excluding hydrogens is 302 g/mol. The van der Waals surface area contributed by atoms with Crippen LogP contribution in [0.2, 0.25) is 0 Å². The Labute approximate surface area is 143 Å². The largest absolute Gasteiger partial charge is 0.348 e. The van der Waals surface area contributed by atoms with E-state index in [1.165, 1.54) is 5.56 Å². The van der Waals surface area contributed by atoms with Crippen LogP contribution >= 0.6 is 0 Å². The van der Waals surface area contributed by atoms with Gasteiger partial charge in [0.05, 0.1) is 6.20 Å². The highest BCUT2D eigenvalue weighted by molar-refractivity contribution is 5.94. The number of piperazine rings is 1. The van der Waals surface area contributed by atoms with Gasteiger partial charge >= 0.3 is 0 Å². The highest BCUT2D eigenvalue weighted by Gasteiger charge is 2.14. The first kappa shape index (κ1) is 16.7. The summed E-state index contributed by atoms with van der Waals surface area (Å²) in [5, 5.41) is 7.02. The van der Waals surface area contributed by atoms with Gasteiger partial charge in [-0.2, -0.15) is 5.10 Å². The van der Waals surface area contributed by atoms with Gasteiger partial charge in [0.1, 0.15) is 0 Å². The molecule has 1 N–H and O–H groups in total. The second-order valence-corrected chi connectivity index (χ2v) is 6.48. The van der Waals surface area contributed by atoms with E-state index in [1.807, 2.05) is 25.4 Å². The summed E-state index contributed by atoms with van der Waals surface area (Å²) in [5.74, 6) is -0.0509. The number of hydrogen-bond acceptors (Lipinski definition) is 4. The Bertz CT molecular complexity index is 671. The average molecular weight is 327 g/mol. The first-order chi connectivity index (χ1) is 11.6. The van der Waals surface area contributed by atoms with E-state index in [0.717, 1.165) is 38.3 Å². The fourth-order valence-corrected chi connectivity index (χ4v) is 2.87. The van der Waals surface area contributed by atoms with Crippen LogP contribution in [0.15, 0.2) is 36.7 Å². The summed E-state index contributed by atoms with van der Waals surface area (Å²) in [7, 11) is 4.03. The van der Waals surface area contributed by atoms with Gasteiger partial charge in [0.2, 0.25) is 0 Å². The zero-order valence-electron chi connectivity index (χ0n) is 14.4. The second kappa shape index (κ2) is 7.59. The molecule has 1 saturated heterocycles. The number of nitrogens with zero attached hydrogens (tertiary/aromatic N) is 4. The Hall–Kier alpha value is -2.18. The minimum atomic E-state index is -0.0509. The Morgan fingerprint density at radius 3 is 2.42 bits per heavy atom. The smallest absolute Gasteiger partial charge is 0.251 e. The fourth-order valence-electron chi connectivity index (χ4n) is 2.87. The third-order valence-electron chi connectivity index (χ3n) is 4.43. The highest BCUT2D eigenvalue weighted by Crippen LogP contribution is 2.10. The van der Waals surface area contributed by atoms with Crippen molar-refractivity contribution in [2.24, 2.45) is 7.05 Å². The van der Waals surface area contributed by atoms with Crippen LogP contribution in [0.1, 0.15) is 21.5 Å². The topological polar surface area (TPSA) is 53.4 Å². The maximum Gasteiger partial charge on any atom is 0.251 e. The monoisotopic (exact) mass is 327 g/mol. The summed E-state index contributed by atoms with van der Waals surface area (Å²) in [6.45, 7) is 5.89. The van der Waals surface area contributed by atoms with E-state index in [-0.39, 0.29) is 5.91 Å². The number of amides is 1. The van der Waals surface area contributed by atoms with Crippen LogP contribution in [0.5, 0.6) is 0 Å². The van der Waals surface area contributed by atoms with Gasteiger partial charge in [-0.3, -0.25) is 14.4 Å². The number of hydrogen-bond donors (Lipinski definition) is 1. The van der Waals surface area contributed by atoms with Crippen LogP contribution in [-0.2, 0) is 20.1 Å². The molecule has 0 atom stereocenters. The minimum Gasteiger partial charge on any atom is -0.348 e. The molecule has 1 aliphatic rings. The molecule has 0 bridgehead atoms. The molecule has 24 heavy (non-hydrogen) atoms. The van der Waals surface area contributed by atoms with E-state index >= 15 is 0 Å². The third kappa shape index (κ3) is 4.43. The van der Waals surface area contributed by atoms with E-state index in [0.29, 0.717) is 12.1 Å². The molecule has 6 nitrogen and oxygen atoms in total. The van der Waals surface area contributed by atoms with E-state index in [9.17, 15) is 4.79 Å². The van der Waals surface area contributed by atoms with Crippen molar-refractivity contribution < 1.29 is 4.79 Å². The zero-order chi connectivity index (χ0) is 16.9. The number of nitrogens with one attached hydrogen (secondary N) is 1. The minimum absolute atomic E-state index is 0.0509. The standard InChI is InChI=1S/C18H25N5O/c1-21-7-9-23(10-8-21)14-15-3-5-17(6-4-15)18(24)19-11-16-12-20-22(2)13-16/h3-6,12-13H,7-11,14H2,1-2H3,(H,19,24). The Kier molecular flexibility index (Phi) is 5.27. The Morgan fingerprint density at radius 1 is 1.08 bits per heavy atom. The van der Waals surface area contributed by atoms with Crippen LogP contribution in [0, 0.1) is 0 Å². The van der Waals surface area contributed by atoms with Crippen molar-refractivity contribution >= 4 is 5.91 Å². The lowest BCUT2D eigenvalue weighted by Crippen LogP contribution is -2.43. The van der Waals surface area contributed by atoms with E-state index in [1.54, 1.807) is 10.9 Å². The van der Waals surface area contributed by atoms with Gasteiger partial charge in [-0.15, -0.1) is 0 Å². The number of likely N-dealkylation sites (N-methyl/N-ethyl adjacent to an activating group) is 1. The second-order valence-electron chi connectivity index (χ2n) is 6.48. The third-order valence-corrected chi connectivity index (χ3v) is 4.43. The lowest BCUT2D eigenvalue weighted by atomic mass is 10.1. The molecular formula is C18H25N5O. The first-order valence-corrected chi connectivity index (χ1v) is 8.36. The SMILES string of the molecule is CN1CCN(Cc2ccc(C(=O)NCc3cnn(C)c3)cc2)CC1. The van der Waals surface area contributed by atoms with Gasteiger partial charge in [-0.1, -0.05) is 12.1 Å². The van der Waals surface area contributed by atoms with Gasteiger partial charge in [0.15, 0.2) is 0 Å². The van der Waals surface area contributed by atoms with E-state index in [2.05, 4.69) is 39.4 Å². The van der Waals surface area contributed by atoms with Crippen molar-refractivity contribution in [2.75, 3.05) is 33.2 Å².